The van der Waals surface area contributed by atoms with Gasteiger partial charge in [0, 0.05) is 61.1 Å². The summed E-state index contributed by atoms with van der Waals surface area (Å²) < 4.78 is 8.72. The highest BCUT2D eigenvalue weighted by molar-refractivity contribution is 6.13. The number of nitrogens with zero attached hydrogens (tertiary/aromatic N) is 3. The van der Waals surface area contributed by atoms with Crippen molar-refractivity contribution < 1.29 is 4.42 Å². The number of para-hydroxylation sites is 4. The molecule has 0 aliphatic heterocycles. The van der Waals surface area contributed by atoms with Crippen LogP contribution in [0.4, 0.5) is 34.1 Å². The second kappa shape index (κ2) is 13.6. The molecule has 0 aliphatic carbocycles. The van der Waals surface area contributed by atoms with Gasteiger partial charge in [-0.2, -0.15) is 0 Å². The first kappa shape index (κ1) is 33.8. The Balaban J connectivity index is 1.13. The molecule has 4 heteroatoms. The summed E-state index contributed by atoms with van der Waals surface area (Å²) in [4.78, 5) is 4.79. The van der Waals surface area contributed by atoms with Gasteiger partial charge in [0.1, 0.15) is 11.2 Å². The Morgan fingerprint density at radius 1 is 0.362 bits per heavy atom. The van der Waals surface area contributed by atoms with Gasteiger partial charge < -0.3 is 18.8 Å². The van der Waals surface area contributed by atoms with E-state index in [4.69, 9.17) is 4.42 Å². The maximum atomic E-state index is 6.33. The van der Waals surface area contributed by atoms with Crippen LogP contribution in [0.1, 0.15) is 11.1 Å². The summed E-state index contributed by atoms with van der Waals surface area (Å²) in [5.41, 5.74) is 14.2. The maximum Gasteiger partial charge on any atom is 0.136 e. The zero-order valence-electron chi connectivity index (χ0n) is 32.3. The number of hydrogen-bond acceptors (Lipinski definition) is 3. The number of rotatable bonds is 7. The van der Waals surface area contributed by atoms with Crippen molar-refractivity contribution in [3.63, 3.8) is 0 Å². The molecule has 11 rings (SSSR count). The second-order valence-corrected chi connectivity index (χ2v) is 15.2. The van der Waals surface area contributed by atoms with Crippen molar-refractivity contribution in [1.82, 2.24) is 4.57 Å². The first-order valence-electron chi connectivity index (χ1n) is 19.8. The molecule has 0 aliphatic rings. The molecular formula is C54H39N3O. The Morgan fingerprint density at radius 3 is 1.81 bits per heavy atom. The molecule has 11 aromatic rings. The van der Waals surface area contributed by atoms with E-state index in [2.05, 4.69) is 216 Å². The number of fused-ring (bicyclic) bond motifs is 7. The standard InChI is InChI=1S/C54H39N3O/c1-36-29-37(2)31-44(30-36)55(43-27-28-46-45-22-9-11-24-50(45)57(52(46)34-43)40-18-7-4-8-19-40)41-20-14-21-42(33-41)56(39-16-5-3-6-17-39)51-25-13-15-38-32-54-49(35-48(38)51)47-23-10-12-26-53(47)58-54/h3-35H,1-2H3. The smallest absolute Gasteiger partial charge is 0.136 e. The lowest BCUT2D eigenvalue weighted by Gasteiger charge is -2.30. The van der Waals surface area contributed by atoms with Crippen LogP contribution < -0.4 is 9.80 Å². The Hall–Kier alpha value is -7.56. The molecule has 0 bridgehead atoms. The predicted molar refractivity (Wildman–Crippen MR) is 244 cm³/mol. The largest absolute Gasteiger partial charge is 0.456 e. The molecule has 276 valence electrons. The van der Waals surface area contributed by atoms with Crippen molar-refractivity contribution in [1.29, 1.82) is 0 Å². The summed E-state index contributed by atoms with van der Waals surface area (Å²) in [7, 11) is 0. The van der Waals surface area contributed by atoms with E-state index >= 15 is 0 Å². The first-order chi connectivity index (χ1) is 28.6. The van der Waals surface area contributed by atoms with E-state index in [1.54, 1.807) is 0 Å². The van der Waals surface area contributed by atoms with Crippen molar-refractivity contribution in [2.75, 3.05) is 9.80 Å². The molecule has 0 unspecified atom stereocenters. The lowest BCUT2D eigenvalue weighted by molar-refractivity contribution is 0.669. The molecule has 0 atom stereocenters. The third kappa shape index (κ3) is 5.61. The second-order valence-electron chi connectivity index (χ2n) is 15.2. The fraction of sp³-hybridized carbons (Fsp3) is 0.0370. The molecule has 2 aromatic heterocycles. The maximum absolute atomic E-state index is 6.33. The molecule has 0 N–H and O–H groups in total. The number of aryl methyl sites for hydroxylation is 2. The van der Waals surface area contributed by atoms with E-state index in [0.717, 1.165) is 78.0 Å². The average molecular weight is 746 g/mol. The molecule has 58 heavy (non-hydrogen) atoms. The minimum atomic E-state index is 0.895. The molecule has 0 spiro atoms. The van der Waals surface area contributed by atoms with Gasteiger partial charge in [0.2, 0.25) is 0 Å². The summed E-state index contributed by atoms with van der Waals surface area (Å²) in [5, 5.41) is 6.97. The van der Waals surface area contributed by atoms with Gasteiger partial charge in [0.25, 0.3) is 0 Å². The SMILES string of the molecule is Cc1cc(C)cc(N(c2cccc(N(c3ccccc3)c3cccc4cc5oc6ccccc6c5cc34)c2)c2ccc3c4ccccc4n(-c4ccccc4)c3c2)c1. The highest BCUT2D eigenvalue weighted by Crippen LogP contribution is 2.45. The summed E-state index contributed by atoms with van der Waals surface area (Å²) in [5.74, 6) is 0. The fourth-order valence-corrected chi connectivity index (χ4v) is 8.93. The molecule has 4 nitrogen and oxygen atoms in total. The molecule has 0 saturated heterocycles. The quantitative estimate of drug-likeness (QED) is 0.162. The summed E-state index contributed by atoms with van der Waals surface area (Å²) in [6.07, 6.45) is 0. The third-order valence-corrected chi connectivity index (χ3v) is 11.4. The summed E-state index contributed by atoms with van der Waals surface area (Å²) in [6.45, 7) is 4.36. The van der Waals surface area contributed by atoms with Crippen LogP contribution in [-0.2, 0) is 0 Å². The van der Waals surface area contributed by atoms with Gasteiger partial charge in [0.05, 0.1) is 16.7 Å². The Morgan fingerprint density at radius 2 is 1.00 bits per heavy atom. The van der Waals surface area contributed by atoms with Gasteiger partial charge >= 0.3 is 0 Å². The van der Waals surface area contributed by atoms with Crippen LogP contribution in [0.3, 0.4) is 0 Å². The predicted octanol–water partition coefficient (Wildman–Crippen LogP) is 15.4. The average Bonchev–Trinajstić information content (AvgIpc) is 3.78. The highest BCUT2D eigenvalue weighted by atomic mass is 16.3. The number of anilines is 6. The number of hydrogen-bond donors (Lipinski definition) is 0. The lowest BCUT2D eigenvalue weighted by atomic mass is 10.0. The van der Waals surface area contributed by atoms with Gasteiger partial charge in [-0.1, -0.05) is 103 Å². The monoisotopic (exact) mass is 745 g/mol. The first-order valence-corrected chi connectivity index (χ1v) is 19.8. The van der Waals surface area contributed by atoms with Gasteiger partial charge in [0.15, 0.2) is 0 Å². The van der Waals surface area contributed by atoms with Crippen LogP contribution in [0.2, 0.25) is 0 Å². The lowest BCUT2D eigenvalue weighted by Crippen LogP contribution is -2.13. The van der Waals surface area contributed by atoms with Crippen molar-refractivity contribution in [3.05, 3.63) is 211 Å². The van der Waals surface area contributed by atoms with Crippen LogP contribution in [0.5, 0.6) is 0 Å². The number of furan rings is 1. The highest BCUT2D eigenvalue weighted by Gasteiger charge is 2.21. The van der Waals surface area contributed by atoms with E-state index in [1.807, 2.05) is 12.1 Å². The fourth-order valence-electron chi connectivity index (χ4n) is 8.93. The Kier molecular flexibility index (Phi) is 7.90. The third-order valence-electron chi connectivity index (χ3n) is 11.4. The van der Waals surface area contributed by atoms with Gasteiger partial charge in [-0.05, 0) is 127 Å². The van der Waals surface area contributed by atoms with E-state index < -0.39 is 0 Å². The normalized spacial score (nSPS) is 11.6. The zero-order valence-corrected chi connectivity index (χ0v) is 32.3. The van der Waals surface area contributed by atoms with Crippen molar-refractivity contribution in [3.8, 4) is 5.69 Å². The summed E-state index contributed by atoms with van der Waals surface area (Å²) >= 11 is 0. The number of benzene rings is 9. The van der Waals surface area contributed by atoms with Crippen LogP contribution in [0, 0.1) is 13.8 Å². The molecule has 0 fully saturated rings. The molecule has 0 radical (unpaired) electrons. The van der Waals surface area contributed by atoms with E-state index in [0.29, 0.717) is 0 Å². The molecule has 2 heterocycles. The van der Waals surface area contributed by atoms with Crippen molar-refractivity contribution in [2.45, 2.75) is 13.8 Å². The minimum absolute atomic E-state index is 0.895. The van der Waals surface area contributed by atoms with E-state index in [1.165, 1.54) is 27.4 Å². The van der Waals surface area contributed by atoms with Crippen LogP contribution in [0.25, 0.3) is 60.2 Å². The molecule has 0 saturated carbocycles. The zero-order chi connectivity index (χ0) is 38.7. The van der Waals surface area contributed by atoms with E-state index in [-0.39, 0.29) is 0 Å². The van der Waals surface area contributed by atoms with E-state index in [9.17, 15) is 0 Å². The topological polar surface area (TPSA) is 24.6 Å². The summed E-state index contributed by atoms with van der Waals surface area (Å²) in [6, 6.07) is 72.1. The van der Waals surface area contributed by atoms with Crippen molar-refractivity contribution >= 4 is 88.6 Å². The van der Waals surface area contributed by atoms with Gasteiger partial charge in [-0.3, -0.25) is 0 Å². The Labute approximate surface area is 337 Å². The minimum Gasteiger partial charge on any atom is -0.456 e. The van der Waals surface area contributed by atoms with Crippen molar-refractivity contribution in [2.24, 2.45) is 0 Å². The molecular weight excluding hydrogens is 707 g/mol. The van der Waals surface area contributed by atoms with Crippen LogP contribution in [-0.4, -0.2) is 4.57 Å². The Bertz CT molecular complexity index is 3300. The van der Waals surface area contributed by atoms with Crippen LogP contribution >= 0.6 is 0 Å². The molecule has 9 aromatic carbocycles. The van der Waals surface area contributed by atoms with Gasteiger partial charge in [-0.25, -0.2) is 0 Å². The number of aromatic nitrogens is 1. The van der Waals surface area contributed by atoms with Gasteiger partial charge in [-0.15, -0.1) is 0 Å². The van der Waals surface area contributed by atoms with Crippen LogP contribution in [0.15, 0.2) is 205 Å². The molecule has 0 amide bonds.